The van der Waals surface area contributed by atoms with Gasteiger partial charge in [0.25, 0.3) is 10.0 Å². The normalized spacial score (nSPS) is 21.8. The molecule has 0 amide bonds. The average Bonchev–Trinajstić information content (AvgIpc) is 2.84. The van der Waals surface area contributed by atoms with E-state index in [-0.39, 0.29) is 11.6 Å². The topological polar surface area (TPSA) is 79.6 Å². The predicted octanol–water partition coefficient (Wildman–Crippen LogP) is 0.263. The van der Waals surface area contributed by atoms with E-state index in [1.807, 2.05) is 0 Å². The highest BCUT2D eigenvalue weighted by molar-refractivity contribution is 7.89. The molecule has 1 N–H and O–H groups in total. The molecular weight excluding hydrogens is 244 g/mol. The third-order valence-corrected chi connectivity index (χ3v) is 4.97. The Balaban J connectivity index is 2.40. The Bertz CT molecular complexity index is 534. The molecule has 0 bridgehead atoms. The molecule has 0 radical (unpaired) electrons. The van der Waals surface area contributed by atoms with Crippen molar-refractivity contribution in [2.45, 2.75) is 23.9 Å². The zero-order chi connectivity index (χ0) is 12.6. The Hall–Kier alpha value is -1.34. The monoisotopic (exact) mass is 258 g/mol. The maximum absolute atomic E-state index is 12.3. The molecule has 94 valence electrons. The van der Waals surface area contributed by atoms with Crippen LogP contribution in [0.2, 0.25) is 0 Å². The molecule has 1 atom stereocenters. The van der Waals surface area contributed by atoms with Gasteiger partial charge in [-0.15, -0.1) is 0 Å². The summed E-state index contributed by atoms with van der Waals surface area (Å²) in [6, 6.07) is 2.17. The third-order valence-electron chi connectivity index (χ3n) is 2.96. The van der Waals surface area contributed by atoms with Crippen LogP contribution in [0.4, 0.5) is 0 Å². The number of carboxylic acids is 1. The molecule has 0 spiro atoms. The van der Waals surface area contributed by atoms with E-state index in [1.54, 1.807) is 19.3 Å². The molecular formula is C10H14N2O4S. The largest absolute Gasteiger partial charge is 0.480 e. The second-order valence-electron chi connectivity index (χ2n) is 4.07. The van der Waals surface area contributed by atoms with Crippen LogP contribution in [0.15, 0.2) is 23.4 Å². The first-order valence-corrected chi connectivity index (χ1v) is 6.74. The van der Waals surface area contributed by atoms with Gasteiger partial charge in [0.2, 0.25) is 0 Å². The Morgan fingerprint density at radius 3 is 2.76 bits per heavy atom. The fourth-order valence-electron chi connectivity index (χ4n) is 2.11. The van der Waals surface area contributed by atoms with Gasteiger partial charge < -0.3 is 9.67 Å². The van der Waals surface area contributed by atoms with Crippen LogP contribution in [0, 0.1) is 0 Å². The molecule has 2 rings (SSSR count). The Morgan fingerprint density at radius 1 is 1.53 bits per heavy atom. The second-order valence-corrected chi connectivity index (χ2v) is 5.91. The first-order valence-electron chi connectivity index (χ1n) is 5.30. The van der Waals surface area contributed by atoms with E-state index in [0.29, 0.717) is 12.8 Å². The van der Waals surface area contributed by atoms with Crippen LogP contribution in [0.3, 0.4) is 0 Å². The van der Waals surface area contributed by atoms with E-state index in [4.69, 9.17) is 5.11 Å². The van der Waals surface area contributed by atoms with Gasteiger partial charge in [-0.05, 0) is 25.0 Å². The summed E-state index contributed by atoms with van der Waals surface area (Å²) in [6.45, 7) is 0.268. The SMILES string of the molecule is Cn1cccc1S(=O)(=O)N1CCC[C@H]1C(=O)O. The van der Waals surface area contributed by atoms with Crippen LogP contribution in [0.1, 0.15) is 12.8 Å². The molecule has 0 aromatic carbocycles. The predicted molar refractivity (Wildman–Crippen MR) is 60.0 cm³/mol. The molecule has 0 aliphatic carbocycles. The van der Waals surface area contributed by atoms with Gasteiger partial charge in [0.05, 0.1) is 0 Å². The maximum atomic E-state index is 12.3. The van der Waals surface area contributed by atoms with Crippen LogP contribution in [0.25, 0.3) is 0 Å². The van der Waals surface area contributed by atoms with Crippen LogP contribution in [-0.4, -0.2) is 41.0 Å². The molecule has 1 aromatic heterocycles. The summed E-state index contributed by atoms with van der Waals surface area (Å²) in [6.07, 6.45) is 2.58. The summed E-state index contributed by atoms with van der Waals surface area (Å²) >= 11 is 0. The summed E-state index contributed by atoms with van der Waals surface area (Å²) in [5.41, 5.74) is 0. The highest BCUT2D eigenvalue weighted by atomic mass is 32.2. The molecule has 2 heterocycles. The second kappa shape index (κ2) is 4.15. The van der Waals surface area contributed by atoms with E-state index in [9.17, 15) is 13.2 Å². The van der Waals surface area contributed by atoms with Gasteiger partial charge in [-0.1, -0.05) is 0 Å². The standard InChI is InChI=1S/C10H14N2O4S/c1-11-6-3-5-9(11)17(15,16)12-7-2-4-8(12)10(13)14/h3,5-6,8H,2,4,7H2,1H3,(H,13,14)/t8-/m0/s1. The molecule has 0 unspecified atom stereocenters. The minimum Gasteiger partial charge on any atom is -0.480 e. The van der Waals surface area contributed by atoms with E-state index in [0.717, 1.165) is 4.31 Å². The number of aliphatic carboxylic acids is 1. The quantitative estimate of drug-likeness (QED) is 0.843. The van der Waals surface area contributed by atoms with Gasteiger partial charge in [-0.3, -0.25) is 4.79 Å². The van der Waals surface area contributed by atoms with Crippen molar-refractivity contribution in [3.63, 3.8) is 0 Å². The number of rotatable bonds is 3. The molecule has 1 aromatic rings. The van der Waals surface area contributed by atoms with Crippen molar-refractivity contribution in [3.8, 4) is 0 Å². The molecule has 1 saturated heterocycles. The van der Waals surface area contributed by atoms with Crippen molar-refractivity contribution in [2.24, 2.45) is 7.05 Å². The minimum atomic E-state index is -3.70. The molecule has 17 heavy (non-hydrogen) atoms. The highest BCUT2D eigenvalue weighted by Gasteiger charge is 2.40. The number of sulfonamides is 1. The number of hydrogen-bond acceptors (Lipinski definition) is 3. The Labute approximate surface area is 99.5 Å². The Kier molecular flexibility index (Phi) is 2.96. The highest BCUT2D eigenvalue weighted by Crippen LogP contribution is 2.26. The Morgan fingerprint density at radius 2 is 2.24 bits per heavy atom. The lowest BCUT2D eigenvalue weighted by Gasteiger charge is -2.20. The molecule has 0 saturated carbocycles. The minimum absolute atomic E-state index is 0.130. The van der Waals surface area contributed by atoms with Crippen LogP contribution >= 0.6 is 0 Å². The van der Waals surface area contributed by atoms with Crippen LogP contribution < -0.4 is 0 Å². The van der Waals surface area contributed by atoms with Gasteiger partial charge in [0, 0.05) is 19.8 Å². The summed E-state index contributed by atoms with van der Waals surface area (Å²) in [5.74, 6) is -1.08. The van der Waals surface area contributed by atoms with Crippen molar-refractivity contribution >= 4 is 16.0 Å². The van der Waals surface area contributed by atoms with E-state index < -0.39 is 22.0 Å². The molecule has 7 heteroatoms. The van der Waals surface area contributed by atoms with Crippen LogP contribution in [-0.2, 0) is 21.9 Å². The van der Waals surface area contributed by atoms with E-state index in [2.05, 4.69) is 0 Å². The van der Waals surface area contributed by atoms with Gasteiger partial charge in [0.15, 0.2) is 0 Å². The number of aryl methyl sites for hydroxylation is 1. The molecule has 6 nitrogen and oxygen atoms in total. The smallest absolute Gasteiger partial charge is 0.322 e. The third kappa shape index (κ3) is 1.96. The number of nitrogens with zero attached hydrogens (tertiary/aromatic N) is 2. The van der Waals surface area contributed by atoms with E-state index in [1.165, 1.54) is 10.6 Å². The van der Waals surface area contributed by atoms with Crippen molar-refractivity contribution in [1.29, 1.82) is 0 Å². The number of hydrogen-bond donors (Lipinski definition) is 1. The van der Waals surface area contributed by atoms with Gasteiger partial charge in [-0.2, -0.15) is 4.31 Å². The first-order chi connectivity index (χ1) is 7.94. The molecule has 1 aliphatic heterocycles. The number of carbonyl (C=O) groups is 1. The fourth-order valence-corrected chi connectivity index (χ4v) is 3.92. The zero-order valence-electron chi connectivity index (χ0n) is 9.41. The lowest BCUT2D eigenvalue weighted by molar-refractivity contribution is -0.140. The summed E-state index contributed by atoms with van der Waals surface area (Å²) in [4.78, 5) is 11.0. The lowest BCUT2D eigenvalue weighted by Crippen LogP contribution is -2.40. The van der Waals surface area contributed by atoms with Crippen molar-refractivity contribution < 1.29 is 18.3 Å². The fraction of sp³-hybridized carbons (Fsp3) is 0.500. The van der Waals surface area contributed by atoms with Crippen molar-refractivity contribution in [1.82, 2.24) is 8.87 Å². The molecule has 1 fully saturated rings. The number of aromatic nitrogens is 1. The zero-order valence-corrected chi connectivity index (χ0v) is 10.2. The van der Waals surface area contributed by atoms with Gasteiger partial charge in [-0.25, -0.2) is 8.42 Å². The summed E-state index contributed by atoms with van der Waals surface area (Å²) in [5, 5.41) is 9.13. The lowest BCUT2D eigenvalue weighted by atomic mass is 10.2. The van der Waals surface area contributed by atoms with Gasteiger partial charge in [0.1, 0.15) is 11.1 Å². The summed E-state index contributed by atoms with van der Waals surface area (Å²) in [7, 11) is -2.08. The van der Waals surface area contributed by atoms with E-state index >= 15 is 0 Å². The van der Waals surface area contributed by atoms with Crippen molar-refractivity contribution in [2.75, 3.05) is 6.54 Å². The average molecular weight is 258 g/mol. The first kappa shape index (κ1) is 12.1. The maximum Gasteiger partial charge on any atom is 0.322 e. The summed E-state index contributed by atoms with van der Waals surface area (Å²) < 4.78 is 27.1. The van der Waals surface area contributed by atoms with Crippen molar-refractivity contribution in [3.05, 3.63) is 18.3 Å². The van der Waals surface area contributed by atoms with Gasteiger partial charge >= 0.3 is 5.97 Å². The number of carboxylic acid groups (broad SMARTS) is 1. The molecule has 1 aliphatic rings. The van der Waals surface area contributed by atoms with Crippen LogP contribution in [0.5, 0.6) is 0 Å².